The van der Waals surface area contributed by atoms with Crippen LogP contribution < -0.4 is 0 Å². The molecule has 1 aromatic carbocycles. The quantitative estimate of drug-likeness (QED) is 0.750. The summed E-state index contributed by atoms with van der Waals surface area (Å²) in [6, 6.07) is 11.6. The Kier molecular flexibility index (Phi) is 4.67. The fourth-order valence-corrected chi connectivity index (χ4v) is 4.72. The van der Waals surface area contributed by atoms with E-state index in [1.165, 1.54) is 11.3 Å². The number of Topliss-reactive ketones (excluding diaryl/α,β-unsaturated/α-hetero) is 1. The summed E-state index contributed by atoms with van der Waals surface area (Å²) in [5, 5.41) is 0. The summed E-state index contributed by atoms with van der Waals surface area (Å²) in [6.07, 6.45) is 3.51. The zero-order valence-electron chi connectivity index (χ0n) is 15.0. The first kappa shape index (κ1) is 17.4. The molecule has 0 bridgehead atoms. The molecular weight excluding hydrogens is 346 g/mol. The summed E-state index contributed by atoms with van der Waals surface area (Å²) < 4.78 is 5.74. The van der Waals surface area contributed by atoms with Crippen LogP contribution in [0.4, 0.5) is 0 Å². The van der Waals surface area contributed by atoms with E-state index in [9.17, 15) is 9.59 Å². The van der Waals surface area contributed by atoms with Gasteiger partial charge in [0.25, 0.3) is 5.91 Å². The third-order valence-corrected chi connectivity index (χ3v) is 6.70. The highest BCUT2D eigenvalue weighted by atomic mass is 32.1. The Morgan fingerprint density at radius 2 is 1.92 bits per heavy atom. The van der Waals surface area contributed by atoms with Crippen molar-refractivity contribution in [2.24, 2.45) is 0 Å². The first-order chi connectivity index (χ1) is 12.6. The molecular formula is C21H23NO3S. The van der Waals surface area contributed by atoms with Gasteiger partial charge in [0, 0.05) is 30.0 Å². The minimum atomic E-state index is 0.0534. The fraction of sp³-hybridized carbons (Fsp3) is 0.429. The Morgan fingerprint density at radius 1 is 1.15 bits per heavy atom. The number of hydrogen-bond acceptors (Lipinski definition) is 4. The van der Waals surface area contributed by atoms with Gasteiger partial charge in [-0.1, -0.05) is 19.1 Å². The number of ether oxygens (including phenoxy) is 1. The maximum Gasteiger partial charge on any atom is 0.253 e. The number of thiophene rings is 1. The van der Waals surface area contributed by atoms with E-state index in [2.05, 4.69) is 0 Å². The van der Waals surface area contributed by atoms with E-state index in [0.717, 1.165) is 54.3 Å². The molecule has 0 radical (unpaired) electrons. The van der Waals surface area contributed by atoms with Crippen LogP contribution in [0.3, 0.4) is 0 Å². The number of likely N-dealkylation sites (tertiary alicyclic amines) is 1. The lowest BCUT2D eigenvalue weighted by Gasteiger charge is -2.47. The molecule has 2 fully saturated rings. The van der Waals surface area contributed by atoms with E-state index in [0.29, 0.717) is 12.0 Å². The van der Waals surface area contributed by atoms with Gasteiger partial charge in [-0.25, -0.2) is 0 Å². The van der Waals surface area contributed by atoms with Crippen LogP contribution in [-0.4, -0.2) is 41.9 Å². The number of rotatable bonds is 4. The number of carbonyl (C=O) groups is 2. The van der Waals surface area contributed by atoms with Gasteiger partial charge in [0.05, 0.1) is 17.1 Å². The second-order valence-corrected chi connectivity index (χ2v) is 8.18. The molecule has 0 atom stereocenters. The molecule has 0 N–H and O–H groups in total. The van der Waals surface area contributed by atoms with E-state index < -0.39 is 0 Å². The third-order valence-electron chi connectivity index (χ3n) is 5.52. The summed E-state index contributed by atoms with van der Waals surface area (Å²) in [4.78, 5) is 28.5. The number of benzene rings is 1. The third kappa shape index (κ3) is 3.21. The van der Waals surface area contributed by atoms with Crippen molar-refractivity contribution in [1.29, 1.82) is 0 Å². The molecule has 0 aliphatic carbocycles. The maximum atomic E-state index is 12.9. The molecule has 3 heterocycles. The monoisotopic (exact) mass is 369 g/mol. The minimum absolute atomic E-state index is 0.0534. The molecule has 2 aliphatic rings. The van der Waals surface area contributed by atoms with Gasteiger partial charge in [0.2, 0.25) is 0 Å². The van der Waals surface area contributed by atoms with Crippen molar-refractivity contribution in [1.82, 2.24) is 4.90 Å². The summed E-state index contributed by atoms with van der Waals surface area (Å²) in [7, 11) is 0. The van der Waals surface area contributed by atoms with Crippen LogP contribution in [-0.2, 0) is 4.74 Å². The Bertz CT molecular complexity index is 827. The van der Waals surface area contributed by atoms with Crippen LogP contribution in [0.1, 0.15) is 52.6 Å². The van der Waals surface area contributed by atoms with Crippen LogP contribution >= 0.6 is 11.3 Å². The molecule has 26 heavy (non-hydrogen) atoms. The van der Waals surface area contributed by atoms with Gasteiger partial charge in [-0.15, -0.1) is 11.3 Å². The molecule has 4 rings (SSSR count). The molecule has 1 spiro atoms. The van der Waals surface area contributed by atoms with Gasteiger partial charge in [0.1, 0.15) is 0 Å². The van der Waals surface area contributed by atoms with Gasteiger partial charge in [-0.05, 0) is 49.1 Å². The maximum absolute atomic E-state index is 12.9. The van der Waals surface area contributed by atoms with Crippen molar-refractivity contribution in [3.63, 3.8) is 0 Å². The zero-order valence-corrected chi connectivity index (χ0v) is 15.8. The van der Waals surface area contributed by atoms with Crippen LogP contribution in [0.2, 0.25) is 0 Å². The van der Waals surface area contributed by atoms with Crippen molar-refractivity contribution in [2.45, 2.75) is 38.2 Å². The summed E-state index contributed by atoms with van der Waals surface area (Å²) >= 11 is 1.49. The van der Waals surface area contributed by atoms with Gasteiger partial charge < -0.3 is 9.64 Å². The number of ketones is 1. The number of hydrogen-bond donors (Lipinski definition) is 0. The lowest BCUT2D eigenvalue weighted by atomic mass is 9.84. The zero-order chi connectivity index (χ0) is 18.1. The Hall–Kier alpha value is -1.98. The van der Waals surface area contributed by atoms with E-state index in [-0.39, 0.29) is 17.3 Å². The predicted octanol–water partition coefficient (Wildman–Crippen LogP) is 4.40. The number of piperidine rings is 1. The average Bonchev–Trinajstić information content (AvgIpc) is 3.16. The van der Waals surface area contributed by atoms with Crippen LogP contribution in [0, 0.1) is 0 Å². The number of amides is 1. The van der Waals surface area contributed by atoms with Crippen LogP contribution in [0.15, 0.2) is 36.4 Å². The lowest BCUT2D eigenvalue weighted by Crippen LogP contribution is -2.53. The molecule has 2 aromatic rings. The SMILES string of the molecule is CCC(=O)c1ccc(-c2cccc(C(=O)N3CCC4(CCO4)CC3)c2)s1. The smallest absolute Gasteiger partial charge is 0.253 e. The van der Waals surface area contributed by atoms with Gasteiger partial charge in [0.15, 0.2) is 5.78 Å². The molecule has 5 heteroatoms. The van der Waals surface area contributed by atoms with Crippen LogP contribution in [0.25, 0.3) is 10.4 Å². The molecule has 1 amide bonds. The van der Waals surface area contributed by atoms with Gasteiger partial charge in [-0.3, -0.25) is 9.59 Å². The fourth-order valence-electron chi connectivity index (χ4n) is 3.71. The van der Waals surface area contributed by atoms with E-state index in [1.807, 2.05) is 48.2 Å². The molecule has 2 saturated heterocycles. The molecule has 4 nitrogen and oxygen atoms in total. The first-order valence-corrected chi connectivity index (χ1v) is 10.1. The molecule has 136 valence electrons. The molecule has 1 aromatic heterocycles. The largest absolute Gasteiger partial charge is 0.375 e. The second kappa shape index (κ2) is 6.97. The van der Waals surface area contributed by atoms with Crippen LogP contribution in [0.5, 0.6) is 0 Å². The highest BCUT2D eigenvalue weighted by Gasteiger charge is 2.42. The predicted molar refractivity (Wildman–Crippen MR) is 103 cm³/mol. The van der Waals surface area contributed by atoms with Crippen molar-refractivity contribution in [3.05, 3.63) is 46.8 Å². The minimum Gasteiger partial charge on any atom is -0.375 e. The lowest BCUT2D eigenvalue weighted by molar-refractivity contribution is -0.169. The summed E-state index contributed by atoms with van der Waals surface area (Å²) in [5.41, 5.74) is 1.76. The molecule has 0 unspecified atom stereocenters. The van der Waals surface area contributed by atoms with E-state index in [4.69, 9.17) is 4.74 Å². The summed E-state index contributed by atoms with van der Waals surface area (Å²) in [6.45, 7) is 4.26. The highest BCUT2D eigenvalue weighted by molar-refractivity contribution is 7.17. The van der Waals surface area contributed by atoms with E-state index >= 15 is 0 Å². The molecule has 2 aliphatic heterocycles. The van der Waals surface area contributed by atoms with Gasteiger partial charge >= 0.3 is 0 Å². The first-order valence-electron chi connectivity index (χ1n) is 9.27. The van der Waals surface area contributed by atoms with Crippen molar-refractivity contribution >= 4 is 23.0 Å². The summed E-state index contributed by atoms with van der Waals surface area (Å²) in [5.74, 6) is 0.247. The Labute approximate surface area is 157 Å². The van der Waals surface area contributed by atoms with Crippen molar-refractivity contribution in [3.8, 4) is 10.4 Å². The van der Waals surface area contributed by atoms with Crippen molar-refractivity contribution < 1.29 is 14.3 Å². The van der Waals surface area contributed by atoms with E-state index in [1.54, 1.807) is 0 Å². The Morgan fingerprint density at radius 3 is 2.58 bits per heavy atom. The highest BCUT2D eigenvalue weighted by Crippen LogP contribution is 2.37. The topological polar surface area (TPSA) is 46.6 Å². The number of nitrogens with zero attached hydrogens (tertiary/aromatic N) is 1. The number of carbonyl (C=O) groups excluding carboxylic acids is 2. The van der Waals surface area contributed by atoms with Gasteiger partial charge in [-0.2, -0.15) is 0 Å². The Balaban J connectivity index is 1.49. The second-order valence-electron chi connectivity index (χ2n) is 7.10. The average molecular weight is 369 g/mol. The standard InChI is InChI=1S/C21H23NO3S/c1-2-17(23)19-7-6-18(26-19)15-4-3-5-16(14-15)20(24)22-11-8-21(9-12-22)10-13-25-21/h3-7,14H,2,8-13H2,1H3. The van der Waals surface area contributed by atoms with Crippen molar-refractivity contribution in [2.75, 3.05) is 19.7 Å². The molecule has 0 saturated carbocycles. The normalized spacial score (nSPS) is 18.6.